The second kappa shape index (κ2) is 7.09. The van der Waals surface area contributed by atoms with Gasteiger partial charge in [0.15, 0.2) is 5.78 Å². The molecule has 120 valence electrons. The molecule has 0 aliphatic carbocycles. The molecule has 0 heterocycles. The SMILES string of the molecule is CC(=O)c1ccccc1NC(=O)C(C)Nc1ccc(C)cc1C. The average Bonchev–Trinajstić information content (AvgIpc) is 2.50. The zero-order chi connectivity index (χ0) is 17.0. The number of anilines is 2. The maximum atomic E-state index is 12.4. The maximum Gasteiger partial charge on any atom is 0.246 e. The van der Waals surface area contributed by atoms with Crippen molar-refractivity contribution in [3.63, 3.8) is 0 Å². The molecule has 0 saturated heterocycles. The van der Waals surface area contributed by atoms with Crippen LogP contribution in [0.5, 0.6) is 0 Å². The van der Waals surface area contributed by atoms with Gasteiger partial charge in [-0.25, -0.2) is 0 Å². The van der Waals surface area contributed by atoms with Gasteiger partial charge in [-0.2, -0.15) is 0 Å². The summed E-state index contributed by atoms with van der Waals surface area (Å²) in [5, 5.41) is 6.03. The molecule has 0 aromatic heterocycles. The van der Waals surface area contributed by atoms with E-state index >= 15 is 0 Å². The van der Waals surface area contributed by atoms with E-state index in [1.807, 2.05) is 26.0 Å². The monoisotopic (exact) mass is 310 g/mol. The predicted octanol–water partition coefficient (Wildman–Crippen LogP) is 3.95. The van der Waals surface area contributed by atoms with Crippen LogP contribution in [0.3, 0.4) is 0 Å². The summed E-state index contributed by atoms with van der Waals surface area (Å²) in [6.45, 7) is 7.32. The largest absolute Gasteiger partial charge is 0.374 e. The van der Waals surface area contributed by atoms with Gasteiger partial charge in [-0.15, -0.1) is 0 Å². The van der Waals surface area contributed by atoms with Crippen LogP contribution in [0.25, 0.3) is 0 Å². The van der Waals surface area contributed by atoms with E-state index in [0.717, 1.165) is 11.3 Å². The fourth-order valence-electron chi connectivity index (χ4n) is 2.41. The number of aryl methyl sites for hydroxylation is 2. The van der Waals surface area contributed by atoms with Gasteiger partial charge in [0.2, 0.25) is 5.91 Å². The van der Waals surface area contributed by atoms with Crippen LogP contribution < -0.4 is 10.6 Å². The quantitative estimate of drug-likeness (QED) is 0.822. The molecule has 0 spiro atoms. The van der Waals surface area contributed by atoms with E-state index in [1.54, 1.807) is 31.2 Å². The molecule has 0 aliphatic heterocycles. The Bertz CT molecular complexity index is 738. The fourth-order valence-corrected chi connectivity index (χ4v) is 2.41. The highest BCUT2D eigenvalue weighted by molar-refractivity contribution is 6.05. The van der Waals surface area contributed by atoms with Crippen molar-refractivity contribution in [2.24, 2.45) is 0 Å². The zero-order valence-corrected chi connectivity index (χ0v) is 13.9. The Labute approximate surface area is 136 Å². The normalized spacial score (nSPS) is 11.7. The van der Waals surface area contributed by atoms with Gasteiger partial charge >= 0.3 is 0 Å². The van der Waals surface area contributed by atoms with Gasteiger partial charge in [-0.1, -0.05) is 29.8 Å². The van der Waals surface area contributed by atoms with Crippen molar-refractivity contribution in [3.8, 4) is 0 Å². The van der Waals surface area contributed by atoms with E-state index in [-0.39, 0.29) is 11.7 Å². The fraction of sp³-hybridized carbons (Fsp3) is 0.263. The second-order valence-electron chi connectivity index (χ2n) is 5.78. The van der Waals surface area contributed by atoms with Crippen molar-refractivity contribution in [1.82, 2.24) is 0 Å². The summed E-state index contributed by atoms with van der Waals surface area (Å²) in [6, 6.07) is 12.6. The molecular formula is C19H22N2O2. The number of hydrogen-bond donors (Lipinski definition) is 2. The van der Waals surface area contributed by atoms with E-state index in [2.05, 4.69) is 16.7 Å². The van der Waals surface area contributed by atoms with E-state index in [4.69, 9.17) is 0 Å². The molecule has 4 heteroatoms. The van der Waals surface area contributed by atoms with Crippen LogP contribution in [0.4, 0.5) is 11.4 Å². The van der Waals surface area contributed by atoms with E-state index in [1.165, 1.54) is 12.5 Å². The summed E-state index contributed by atoms with van der Waals surface area (Å²) >= 11 is 0. The summed E-state index contributed by atoms with van der Waals surface area (Å²) < 4.78 is 0. The van der Waals surface area contributed by atoms with Gasteiger partial charge in [-0.3, -0.25) is 9.59 Å². The van der Waals surface area contributed by atoms with Crippen molar-refractivity contribution < 1.29 is 9.59 Å². The molecule has 1 amide bonds. The number of hydrogen-bond acceptors (Lipinski definition) is 3. The Balaban J connectivity index is 2.10. The lowest BCUT2D eigenvalue weighted by molar-refractivity contribution is -0.116. The summed E-state index contributed by atoms with van der Waals surface area (Å²) in [5.41, 5.74) is 4.26. The minimum absolute atomic E-state index is 0.0732. The molecular weight excluding hydrogens is 288 g/mol. The number of Topliss-reactive ketones (excluding diaryl/α,β-unsaturated/α-hetero) is 1. The van der Waals surface area contributed by atoms with E-state index in [9.17, 15) is 9.59 Å². The second-order valence-corrected chi connectivity index (χ2v) is 5.78. The van der Waals surface area contributed by atoms with Gasteiger partial charge in [-0.05, 0) is 51.5 Å². The standard InChI is InChI=1S/C19H22N2O2/c1-12-9-10-17(13(2)11-12)20-14(3)19(23)21-18-8-6-5-7-16(18)15(4)22/h5-11,14,20H,1-4H3,(H,21,23). The van der Waals surface area contributed by atoms with Crippen molar-refractivity contribution in [2.75, 3.05) is 10.6 Å². The molecule has 2 N–H and O–H groups in total. The average molecular weight is 310 g/mol. The predicted molar refractivity (Wildman–Crippen MR) is 94.1 cm³/mol. The number of amides is 1. The summed E-state index contributed by atoms with van der Waals surface area (Å²) in [4.78, 5) is 24.0. The molecule has 0 radical (unpaired) electrons. The Morgan fingerprint density at radius 3 is 2.35 bits per heavy atom. The number of nitrogens with one attached hydrogen (secondary N) is 2. The smallest absolute Gasteiger partial charge is 0.246 e. The summed E-state index contributed by atoms with van der Waals surface area (Å²) in [5.74, 6) is -0.255. The molecule has 2 aromatic carbocycles. The summed E-state index contributed by atoms with van der Waals surface area (Å²) in [6.07, 6.45) is 0. The van der Waals surface area contributed by atoms with Crippen LogP contribution in [0, 0.1) is 13.8 Å². The molecule has 2 aromatic rings. The molecule has 0 bridgehead atoms. The number of carbonyl (C=O) groups excluding carboxylic acids is 2. The van der Waals surface area contributed by atoms with Crippen LogP contribution >= 0.6 is 0 Å². The van der Waals surface area contributed by atoms with Crippen LogP contribution in [0.1, 0.15) is 35.3 Å². The first-order chi connectivity index (χ1) is 10.9. The number of rotatable bonds is 5. The minimum atomic E-state index is -0.420. The summed E-state index contributed by atoms with van der Waals surface area (Å²) in [7, 11) is 0. The van der Waals surface area contributed by atoms with Crippen LogP contribution in [0.2, 0.25) is 0 Å². The number of benzene rings is 2. The third-order valence-electron chi connectivity index (χ3n) is 3.71. The number of para-hydroxylation sites is 1. The Morgan fingerprint density at radius 1 is 1.00 bits per heavy atom. The van der Waals surface area contributed by atoms with E-state index in [0.29, 0.717) is 11.3 Å². The number of carbonyl (C=O) groups is 2. The van der Waals surface area contributed by atoms with Gasteiger partial charge in [0, 0.05) is 11.3 Å². The molecule has 4 nitrogen and oxygen atoms in total. The Kier molecular flexibility index (Phi) is 5.16. The van der Waals surface area contributed by atoms with Gasteiger partial charge < -0.3 is 10.6 Å². The minimum Gasteiger partial charge on any atom is -0.374 e. The first-order valence-electron chi connectivity index (χ1n) is 7.63. The highest BCUT2D eigenvalue weighted by Crippen LogP contribution is 2.19. The van der Waals surface area contributed by atoms with E-state index < -0.39 is 6.04 Å². The van der Waals surface area contributed by atoms with Gasteiger partial charge in [0.05, 0.1) is 5.69 Å². The third-order valence-corrected chi connectivity index (χ3v) is 3.71. The topological polar surface area (TPSA) is 58.2 Å². The molecule has 1 unspecified atom stereocenters. The molecule has 1 atom stereocenters. The zero-order valence-electron chi connectivity index (χ0n) is 13.9. The lowest BCUT2D eigenvalue weighted by Crippen LogP contribution is -2.32. The Hall–Kier alpha value is -2.62. The lowest BCUT2D eigenvalue weighted by Gasteiger charge is -2.18. The first-order valence-corrected chi connectivity index (χ1v) is 7.63. The highest BCUT2D eigenvalue weighted by Gasteiger charge is 2.16. The Morgan fingerprint density at radius 2 is 1.70 bits per heavy atom. The van der Waals surface area contributed by atoms with Crippen LogP contribution in [-0.4, -0.2) is 17.7 Å². The highest BCUT2D eigenvalue weighted by atomic mass is 16.2. The van der Waals surface area contributed by atoms with Crippen molar-refractivity contribution in [3.05, 3.63) is 59.2 Å². The molecule has 2 rings (SSSR count). The van der Waals surface area contributed by atoms with Gasteiger partial charge in [0.1, 0.15) is 6.04 Å². The van der Waals surface area contributed by atoms with Crippen molar-refractivity contribution in [2.45, 2.75) is 33.7 Å². The van der Waals surface area contributed by atoms with Gasteiger partial charge in [0.25, 0.3) is 0 Å². The van der Waals surface area contributed by atoms with Crippen molar-refractivity contribution in [1.29, 1.82) is 0 Å². The molecule has 0 aliphatic rings. The lowest BCUT2D eigenvalue weighted by atomic mass is 10.1. The molecule has 0 saturated carbocycles. The third kappa shape index (κ3) is 4.19. The maximum absolute atomic E-state index is 12.4. The number of ketones is 1. The first kappa shape index (κ1) is 16.7. The van der Waals surface area contributed by atoms with Crippen molar-refractivity contribution >= 4 is 23.1 Å². The molecule has 0 fully saturated rings. The van der Waals surface area contributed by atoms with Crippen LogP contribution in [-0.2, 0) is 4.79 Å². The van der Waals surface area contributed by atoms with Crippen LogP contribution in [0.15, 0.2) is 42.5 Å². The molecule has 23 heavy (non-hydrogen) atoms.